The van der Waals surface area contributed by atoms with Crippen LogP contribution in [0.4, 0.5) is 0 Å². The fraction of sp³-hybridized carbons (Fsp3) is 1.00. The zero-order valence-electron chi connectivity index (χ0n) is 9.97. The second-order valence-corrected chi connectivity index (χ2v) is 5.54. The number of rotatable bonds is 1. The van der Waals surface area contributed by atoms with Gasteiger partial charge in [0.05, 0.1) is 24.4 Å². The zero-order valence-corrected chi connectivity index (χ0v) is 9.97. The van der Waals surface area contributed by atoms with E-state index in [1.807, 2.05) is 27.7 Å². The zero-order chi connectivity index (χ0) is 11.8. The van der Waals surface area contributed by atoms with Crippen molar-refractivity contribution >= 4 is 0 Å². The standard InChI is InChI=1S/C11H23NO3/c1-6-8(13)7(5-12)15-10(9(6)14)11(2,3)4/h6-10,13-14H,5,12H2,1-4H3. The smallest absolute Gasteiger partial charge is 0.0964 e. The van der Waals surface area contributed by atoms with Crippen molar-refractivity contribution in [3.05, 3.63) is 0 Å². The van der Waals surface area contributed by atoms with E-state index >= 15 is 0 Å². The van der Waals surface area contributed by atoms with E-state index in [9.17, 15) is 10.2 Å². The molecule has 5 atom stereocenters. The molecular weight excluding hydrogens is 194 g/mol. The van der Waals surface area contributed by atoms with Gasteiger partial charge in [-0.3, -0.25) is 0 Å². The van der Waals surface area contributed by atoms with E-state index in [0.717, 1.165) is 0 Å². The van der Waals surface area contributed by atoms with E-state index < -0.39 is 12.2 Å². The molecule has 4 heteroatoms. The summed E-state index contributed by atoms with van der Waals surface area (Å²) >= 11 is 0. The van der Waals surface area contributed by atoms with Gasteiger partial charge in [-0.05, 0) is 5.41 Å². The van der Waals surface area contributed by atoms with Gasteiger partial charge in [0.2, 0.25) is 0 Å². The van der Waals surface area contributed by atoms with Crippen LogP contribution in [0.5, 0.6) is 0 Å². The molecule has 1 rings (SSSR count). The average Bonchev–Trinajstić information content (AvgIpc) is 2.13. The molecular formula is C11H23NO3. The van der Waals surface area contributed by atoms with Crippen LogP contribution in [0.15, 0.2) is 0 Å². The van der Waals surface area contributed by atoms with Crippen molar-refractivity contribution in [2.75, 3.05) is 6.54 Å². The fourth-order valence-corrected chi connectivity index (χ4v) is 2.08. The van der Waals surface area contributed by atoms with Gasteiger partial charge in [-0.15, -0.1) is 0 Å². The Morgan fingerprint density at radius 3 is 2.13 bits per heavy atom. The van der Waals surface area contributed by atoms with Crippen LogP contribution in [-0.4, -0.2) is 41.2 Å². The highest BCUT2D eigenvalue weighted by molar-refractivity contribution is 4.94. The summed E-state index contributed by atoms with van der Waals surface area (Å²) in [5, 5.41) is 19.9. The molecule has 1 aliphatic heterocycles. The van der Waals surface area contributed by atoms with Crippen LogP contribution in [0.25, 0.3) is 0 Å². The third-order valence-electron chi connectivity index (χ3n) is 3.18. The number of ether oxygens (including phenoxy) is 1. The molecule has 0 aliphatic carbocycles. The summed E-state index contributed by atoms with van der Waals surface area (Å²) in [6.07, 6.45) is -1.96. The molecule has 90 valence electrons. The first-order chi connectivity index (χ1) is 6.79. The molecule has 1 saturated heterocycles. The highest BCUT2D eigenvalue weighted by Crippen LogP contribution is 2.35. The maximum absolute atomic E-state index is 10.0. The molecule has 0 bridgehead atoms. The molecule has 1 fully saturated rings. The number of hydrogen-bond donors (Lipinski definition) is 3. The predicted octanol–water partition coefficient (Wildman–Crippen LogP) is 0.116. The van der Waals surface area contributed by atoms with E-state index in [1.54, 1.807) is 0 Å². The van der Waals surface area contributed by atoms with Gasteiger partial charge in [0.1, 0.15) is 0 Å². The molecule has 0 amide bonds. The van der Waals surface area contributed by atoms with E-state index in [1.165, 1.54) is 0 Å². The number of aliphatic hydroxyl groups is 2. The molecule has 0 spiro atoms. The number of aliphatic hydroxyl groups excluding tert-OH is 2. The Morgan fingerprint density at radius 1 is 1.20 bits per heavy atom. The van der Waals surface area contributed by atoms with Crippen molar-refractivity contribution in [3.8, 4) is 0 Å². The van der Waals surface area contributed by atoms with Gasteiger partial charge in [-0.25, -0.2) is 0 Å². The molecule has 0 saturated carbocycles. The fourth-order valence-electron chi connectivity index (χ4n) is 2.08. The lowest BCUT2D eigenvalue weighted by atomic mass is 9.77. The summed E-state index contributed by atoms with van der Waals surface area (Å²) in [5.74, 6) is -0.198. The van der Waals surface area contributed by atoms with Gasteiger partial charge in [-0.1, -0.05) is 27.7 Å². The van der Waals surface area contributed by atoms with Crippen molar-refractivity contribution < 1.29 is 14.9 Å². The Bertz CT molecular complexity index is 212. The first kappa shape index (κ1) is 12.9. The Morgan fingerprint density at radius 2 is 1.73 bits per heavy atom. The maximum atomic E-state index is 10.0. The predicted molar refractivity (Wildman–Crippen MR) is 58.3 cm³/mol. The lowest BCUT2D eigenvalue weighted by Gasteiger charge is -2.46. The van der Waals surface area contributed by atoms with Crippen LogP contribution in [0.3, 0.4) is 0 Å². The van der Waals surface area contributed by atoms with Crippen LogP contribution in [0.2, 0.25) is 0 Å². The van der Waals surface area contributed by atoms with E-state index in [-0.39, 0.29) is 30.1 Å². The lowest BCUT2D eigenvalue weighted by Crippen LogP contribution is -2.58. The normalized spacial score (nSPS) is 43.0. The van der Waals surface area contributed by atoms with Gasteiger partial charge < -0.3 is 20.7 Å². The third-order valence-corrected chi connectivity index (χ3v) is 3.18. The Labute approximate surface area is 91.4 Å². The summed E-state index contributed by atoms with van der Waals surface area (Å²) in [7, 11) is 0. The first-order valence-corrected chi connectivity index (χ1v) is 5.50. The summed E-state index contributed by atoms with van der Waals surface area (Å²) in [6, 6.07) is 0. The monoisotopic (exact) mass is 217 g/mol. The molecule has 0 aromatic heterocycles. The third kappa shape index (κ3) is 2.50. The summed E-state index contributed by atoms with van der Waals surface area (Å²) < 4.78 is 5.67. The molecule has 4 N–H and O–H groups in total. The highest BCUT2D eigenvalue weighted by atomic mass is 16.5. The molecule has 4 nitrogen and oxygen atoms in total. The molecule has 0 aromatic carbocycles. The average molecular weight is 217 g/mol. The van der Waals surface area contributed by atoms with E-state index in [0.29, 0.717) is 0 Å². The largest absolute Gasteiger partial charge is 0.390 e. The van der Waals surface area contributed by atoms with Crippen molar-refractivity contribution in [2.24, 2.45) is 17.1 Å². The SMILES string of the molecule is CC1C(O)C(CN)OC(C(C)(C)C)C1O. The molecule has 15 heavy (non-hydrogen) atoms. The number of nitrogens with two attached hydrogens (primary N) is 1. The van der Waals surface area contributed by atoms with Crippen molar-refractivity contribution in [1.82, 2.24) is 0 Å². The minimum absolute atomic E-state index is 0.152. The van der Waals surface area contributed by atoms with Gasteiger partial charge in [0.25, 0.3) is 0 Å². The minimum Gasteiger partial charge on any atom is -0.390 e. The van der Waals surface area contributed by atoms with Crippen LogP contribution < -0.4 is 5.73 Å². The van der Waals surface area contributed by atoms with Crippen molar-refractivity contribution in [3.63, 3.8) is 0 Å². The van der Waals surface area contributed by atoms with Crippen LogP contribution in [0, 0.1) is 11.3 Å². The second kappa shape index (κ2) is 4.37. The van der Waals surface area contributed by atoms with E-state index in [4.69, 9.17) is 10.5 Å². The Kier molecular flexibility index (Phi) is 3.76. The Hall–Kier alpha value is -0.160. The van der Waals surface area contributed by atoms with Crippen molar-refractivity contribution in [2.45, 2.75) is 52.1 Å². The quantitative estimate of drug-likeness (QED) is 0.583. The van der Waals surface area contributed by atoms with Crippen LogP contribution >= 0.6 is 0 Å². The molecule has 0 aromatic rings. The van der Waals surface area contributed by atoms with Gasteiger partial charge in [0.15, 0.2) is 0 Å². The molecule has 5 unspecified atom stereocenters. The topological polar surface area (TPSA) is 75.7 Å². The summed E-state index contributed by atoms with van der Waals surface area (Å²) in [6.45, 7) is 8.15. The molecule has 0 radical (unpaired) electrons. The van der Waals surface area contributed by atoms with Crippen LogP contribution in [-0.2, 0) is 4.74 Å². The minimum atomic E-state index is -0.677. The highest BCUT2D eigenvalue weighted by Gasteiger charge is 2.45. The number of hydrogen-bond acceptors (Lipinski definition) is 4. The Balaban J connectivity index is 2.83. The van der Waals surface area contributed by atoms with Crippen molar-refractivity contribution in [1.29, 1.82) is 0 Å². The lowest BCUT2D eigenvalue weighted by molar-refractivity contribution is -0.219. The van der Waals surface area contributed by atoms with Gasteiger partial charge >= 0.3 is 0 Å². The maximum Gasteiger partial charge on any atom is 0.0964 e. The van der Waals surface area contributed by atoms with Gasteiger partial charge in [0, 0.05) is 12.5 Å². The second-order valence-electron chi connectivity index (χ2n) is 5.54. The summed E-state index contributed by atoms with van der Waals surface area (Å²) in [4.78, 5) is 0. The van der Waals surface area contributed by atoms with E-state index in [2.05, 4.69) is 0 Å². The first-order valence-electron chi connectivity index (χ1n) is 5.50. The molecule has 1 aliphatic rings. The van der Waals surface area contributed by atoms with Crippen LogP contribution in [0.1, 0.15) is 27.7 Å². The molecule has 1 heterocycles. The van der Waals surface area contributed by atoms with Gasteiger partial charge in [-0.2, -0.15) is 0 Å². The summed E-state index contributed by atoms with van der Waals surface area (Å²) in [5.41, 5.74) is 5.39.